The third-order valence-electron chi connectivity index (χ3n) is 3.48. The van der Waals surface area contributed by atoms with E-state index >= 15 is 0 Å². The molecule has 1 unspecified atom stereocenters. The van der Waals surface area contributed by atoms with Gasteiger partial charge in [-0.3, -0.25) is 4.79 Å². The molecule has 1 aromatic rings. The number of hydrogen-bond acceptors (Lipinski definition) is 2. The average molecular weight is 260 g/mol. The van der Waals surface area contributed by atoms with E-state index in [1.54, 1.807) is 0 Å². The SMILES string of the molecule is CCCC(NC(=O)CCNC1CC1)c1ccccc1. The van der Waals surface area contributed by atoms with Gasteiger partial charge >= 0.3 is 0 Å². The minimum absolute atomic E-state index is 0.149. The molecule has 104 valence electrons. The summed E-state index contributed by atoms with van der Waals surface area (Å²) in [6.45, 7) is 2.95. The first kappa shape index (κ1) is 14.1. The highest BCUT2D eigenvalue weighted by Gasteiger charge is 2.20. The van der Waals surface area contributed by atoms with E-state index in [1.165, 1.54) is 18.4 Å². The first-order chi connectivity index (χ1) is 9.29. The molecule has 1 amide bonds. The smallest absolute Gasteiger partial charge is 0.221 e. The van der Waals surface area contributed by atoms with Crippen LogP contribution in [0.3, 0.4) is 0 Å². The Hall–Kier alpha value is -1.35. The molecule has 0 heterocycles. The molecule has 3 nitrogen and oxygen atoms in total. The highest BCUT2D eigenvalue weighted by molar-refractivity contribution is 5.76. The van der Waals surface area contributed by atoms with E-state index in [-0.39, 0.29) is 11.9 Å². The maximum Gasteiger partial charge on any atom is 0.221 e. The lowest BCUT2D eigenvalue weighted by molar-refractivity contribution is -0.121. The van der Waals surface area contributed by atoms with Crippen LogP contribution in [-0.2, 0) is 4.79 Å². The summed E-state index contributed by atoms with van der Waals surface area (Å²) in [7, 11) is 0. The molecule has 2 rings (SSSR count). The zero-order valence-electron chi connectivity index (χ0n) is 11.7. The fourth-order valence-electron chi connectivity index (χ4n) is 2.24. The molecule has 1 saturated carbocycles. The summed E-state index contributed by atoms with van der Waals surface area (Å²) in [4.78, 5) is 12.0. The molecule has 0 spiro atoms. The first-order valence-electron chi connectivity index (χ1n) is 7.37. The Morgan fingerprint density at radius 1 is 1.32 bits per heavy atom. The Balaban J connectivity index is 1.79. The second-order valence-electron chi connectivity index (χ2n) is 5.30. The van der Waals surface area contributed by atoms with Crippen molar-refractivity contribution in [2.45, 2.75) is 51.1 Å². The predicted octanol–water partition coefficient (Wildman–Crippen LogP) is 2.79. The van der Waals surface area contributed by atoms with Crippen LogP contribution >= 0.6 is 0 Å². The van der Waals surface area contributed by atoms with E-state index < -0.39 is 0 Å². The fraction of sp³-hybridized carbons (Fsp3) is 0.562. The Bertz CT molecular complexity index is 387. The Morgan fingerprint density at radius 3 is 2.68 bits per heavy atom. The van der Waals surface area contributed by atoms with Gasteiger partial charge in [0.15, 0.2) is 0 Å². The Morgan fingerprint density at radius 2 is 2.05 bits per heavy atom. The number of amides is 1. The summed E-state index contributed by atoms with van der Waals surface area (Å²) in [6, 6.07) is 11.1. The van der Waals surface area contributed by atoms with Crippen molar-refractivity contribution >= 4 is 5.91 Å². The van der Waals surface area contributed by atoms with Crippen LogP contribution in [0.2, 0.25) is 0 Å². The van der Waals surface area contributed by atoms with Crippen molar-refractivity contribution in [2.75, 3.05) is 6.54 Å². The van der Waals surface area contributed by atoms with Gasteiger partial charge in [-0.25, -0.2) is 0 Å². The van der Waals surface area contributed by atoms with Gasteiger partial charge in [0.1, 0.15) is 0 Å². The van der Waals surface area contributed by atoms with Gasteiger partial charge in [-0.05, 0) is 24.8 Å². The second kappa shape index (κ2) is 7.29. The molecule has 1 fully saturated rings. The van der Waals surface area contributed by atoms with Crippen molar-refractivity contribution in [1.82, 2.24) is 10.6 Å². The number of carbonyl (C=O) groups is 1. The second-order valence-corrected chi connectivity index (χ2v) is 5.30. The molecule has 0 bridgehead atoms. The van der Waals surface area contributed by atoms with Crippen LogP contribution in [0.4, 0.5) is 0 Å². The van der Waals surface area contributed by atoms with Crippen LogP contribution in [0.15, 0.2) is 30.3 Å². The van der Waals surface area contributed by atoms with Gasteiger partial charge in [0, 0.05) is 19.0 Å². The molecule has 1 aromatic carbocycles. The molecule has 2 N–H and O–H groups in total. The molecular formula is C16H24N2O. The monoisotopic (exact) mass is 260 g/mol. The topological polar surface area (TPSA) is 41.1 Å². The number of carbonyl (C=O) groups excluding carboxylic acids is 1. The largest absolute Gasteiger partial charge is 0.349 e. The molecule has 1 atom stereocenters. The number of benzene rings is 1. The predicted molar refractivity (Wildman–Crippen MR) is 77.9 cm³/mol. The van der Waals surface area contributed by atoms with Crippen molar-refractivity contribution in [1.29, 1.82) is 0 Å². The molecule has 19 heavy (non-hydrogen) atoms. The van der Waals surface area contributed by atoms with Gasteiger partial charge in [-0.1, -0.05) is 43.7 Å². The maximum absolute atomic E-state index is 12.0. The van der Waals surface area contributed by atoms with Gasteiger partial charge < -0.3 is 10.6 Å². The highest BCUT2D eigenvalue weighted by atomic mass is 16.1. The van der Waals surface area contributed by atoms with E-state index in [4.69, 9.17) is 0 Å². The molecule has 3 heteroatoms. The molecular weight excluding hydrogens is 236 g/mol. The van der Waals surface area contributed by atoms with Crippen LogP contribution in [0.25, 0.3) is 0 Å². The third kappa shape index (κ3) is 5.03. The van der Waals surface area contributed by atoms with E-state index in [2.05, 4.69) is 29.7 Å². The normalized spacial score (nSPS) is 16.1. The van der Waals surface area contributed by atoms with Crippen LogP contribution in [-0.4, -0.2) is 18.5 Å². The Labute approximate surface area is 115 Å². The summed E-state index contributed by atoms with van der Waals surface area (Å²) < 4.78 is 0. The van der Waals surface area contributed by atoms with Gasteiger partial charge in [-0.2, -0.15) is 0 Å². The van der Waals surface area contributed by atoms with E-state index in [9.17, 15) is 4.79 Å². The lowest BCUT2D eigenvalue weighted by atomic mass is 10.0. The lowest BCUT2D eigenvalue weighted by Gasteiger charge is -2.18. The minimum Gasteiger partial charge on any atom is -0.349 e. The van der Waals surface area contributed by atoms with Crippen LogP contribution in [0, 0.1) is 0 Å². The van der Waals surface area contributed by atoms with E-state index in [1.807, 2.05) is 18.2 Å². The van der Waals surface area contributed by atoms with E-state index in [0.717, 1.165) is 19.4 Å². The number of rotatable bonds is 8. The maximum atomic E-state index is 12.0. The number of hydrogen-bond donors (Lipinski definition) is 2. The molecule has 1 aliphatic carbocycles. The van der Waals surface area contributed by atoms with Gasteiger partial charge in [0.05, 0.1) is 6.04 Å². The molecule has 0 saturated heterocycles. The quantitative estimate of drug-likeness (QED) is 0.754. The Kier molecular flexibility index (Phi) is 5.40. The standard InChI is InChI=1S/C16H24N2O/c1-2-6-15(13-7-4-3-5-8-13)18-16(19)11-12-17-14-9-10-14/h3-5,7-8,14-15,17H,2,6,9-12H2,1H3,(H,18,19). The van der Waals surface area contributed by atoms with Crippen molar-refractivity contribution in [3.8, 4) is 0 Å². The van der Waals surface area contributed by atoms with E-state index in [0.29, 0.717) is 12.5 Å². The zero-order chi connectivity index (χ0) is 13.5. The van der Waals surface area contributed by atoms with Crippen molar-refractivity contribution in [3.05, 3.63) is 35.9 Å². The summed E-state index contributed by atoms with van der Waals surface area (Å²) in [5.41, 5.74) is 1.20. The fourth-order valence-corrected chi connectivity index (χ4v) is 2.24. The van der Waals surface area contributed by atoms with Gasteiger partial charge in [0.2, 0.25) is 5.91 Å². The first-order valence-corrected chi connectivity index (χ1v) is 7.37. The summed E-state index contributed by atoms with van der Waals surface area (Å²) in [6.07, 6.45) is 5.17. The molecule has 0 radical (unpaired) electrons. The van der Waals surface area contributed by atoms with Gasteiger partial charge in [-0.15, -0.1) is 0 Å². The summed E-state index contributed by atoms with van der Waals surface area (Å²) >= 11 is 0. The zero-order valence-corrected chi connectivity index (χ0v) is 11.7. The molecule has 1 aliphatic rings. The lowest BCUT2D eigenvalue weighted by Crippen LogP contribution is -2.31. The molecule has 0 aliphatic heterocycles. The third-order valence-corrected chi connectivity index (χ3v) is 3.48. The summed E-state index contributed by atoms with van der Waals surface area (Å²) in [5, 5.41) is 6.52. The van der Waals surface area contributed by atoms with Crippen molar-refractivity contribution in [3.63, 3.8) is 0 Å². The summed E-state index contributed by atoms with van der Waals surface area (Å²) in [5.74, 6) is 0.149. The van der Waals surface area contributed by atoms with Gasteiger partial charge in [0.25, 0.3) is 0 Å². The number of nitrogens with one attached hydrogen (secondary N) is 2. The van der Waals surface area contributed by atoms with Crippen LogP contribution in [0.1, 0.15) is 50.6 Å². The highest BCUT2D eigenvalue weighted by Crippen LogP contribution is 2.19. The van der Waals surface area contributed by atoms with Crippen LogP contribution in [0.5, 0.6) is 0 Å². The van der Waals surface area contributed by atoms with Crippen molar-refractivity contribution in [2.24, 2.45) is 0 Å². The average Bonchev–Trinajstić information content (AvgIpc) is 3.23. The van der Waals surface area contributed by atoms with Crippen molar-refractivity contribution < 1.29 is 4.79 Å². The van der Waals surface area contributed by atoms with Crippen LogP contribution < -0.4 is 10.6 Å². The molecule has 0 aromatic heterocycles. The minimum atomic E-state index is 0.149.